The summed E-state index contributed by atoms with van der Waals surface area (Å²) in [6.45, 7) is 0. The molecule has 9 aromatic carbocycles. The molecule has 2 aromatic heterocycles. The summed E-state index contributed by atoms with van der Waals surface area (Å²) >= 11 is 0. The normalized spacial score (nSPS) is 11.4. The Labute approximate surface area is 342 Å². The number of nitrogens with zero attached hydrogens (tertiary/aromatic N) is 3. The van der Waals surface area contributed by atoms with Gasteiger partial charge in [0.05, 0.1) is 34.1 Å². The van der Waals surface area contributed by atoms with E-state index in [2.05, 4.69) is 211 Å². The predicted molar refractivity (Wildman–Crippen MR) is 245 cm³/mol. The van der Waals surface area contributed by atoms with Crippen molar-refractivity contribution in [3.8, 4) is 67.7 Å². The minimum atomic E-state index is 0.634. The number of aromatic nitrogens is 2. The molecule has 11 aromatic rings. The zero-order chi connectivity index (χ0) is 39.3. The molecule has 274 valence electrons. The van der Waals surface area contributed by atoms with Gasteiger partial charge in [0.2, 0.25) is 0 Å². The highest BCUT2D eigenvalue weighted by Crippen LogP contribution is 2.40. The zero-order valence-corrected chi connectivity index (χ0v) is 32.0. The van der Waals surface area contributed by atoms with E-state index in [4.69, 9.17) is 4.98 Å². The van der Waals surface area contributed by atoms with Crippen LogP contribution < -0.4 is 0 Å². The largest absolute Gasteiger partial charge is 0.309 e. The van der Waals surface area contributed by atoms with Crippen LogP contribution in [0.1, 0.15) is 5.56 Å². The number of hydrogen-bond donors (Lipinski definition) is 0. The lowest BCUT2D eigenvalue weighted by Gasteiger charge is -2.17. The van der Waals surface area contributed by atoms with E-state index >= 15 is 0 Å². The van der Waals surface area contributed by atoms with E-state index in [1.165, 1.54) is 32.7 Å². The maximum Gasteiger partial charge on any atom is 0.0991 e. The number of rotatable bonds is 6. The van der Waals surface area contributed by atoms with Crippen molar-refractivity contribution in [1.29, 1.82) is 5.26 Å². The van der Waals surface area contributed by atoms with Crippen molar-refractivity contribution in [2.45, 2.75) is 0 Å². The predicted octanol–water partition coefficient (Wildman–Crippen LogP) is 14.7. The average Bonchev–Trinajstić information content (AvgIpc) is 3.65. The third-order valence-corrected chi connectivity index (χ3v) is 11.6. The SMILES string of the molecule is N#Cc1ccc(-c2cc(-c3cc(-c4cccc5ccccc45)nc(-c4cccc5ccccc45)c3)cc(-n3c4ccccc4c4ccc(-c5ccccc5)cc43)c2)cc1. The second-order valence-corrected chi connectivity index (χ2v) is 15.1. The summed E-state index contributed by atoms with van der Waals surface area (Å²) in [4.78, 5) is 5.46. The maximum absolute atomic E-state index is 9.68. The molecule has 11 rings (SSSR count). The molecule has 0 radical (unpaired) electrons. The highest BCUT2D eigenvalue weighted by Gasteiger charge is 2.18. The quantitative estimate of drug-likeness (QED) is 0.170. The molecule has 3 nitrogen and oxygen atoms in total. The van der Waals surface area contributed by atoms with Gasteiger partial charge < -0.3 is 4.57 Å². The van der Waals surface area contributed by atoms with Gasteiger partial charge in [0, 0.05) is 27.6 Å². The number of pyridine rings is 1. The molecule has 0 atom stereocenters. The molecule has 0 spiro atoms. The monoisotopic (exact) mass is 749 g/mol. The first-order valence-electron chi connectivity index (χ1n) is 19.9. The van der Waals surface area contributed by atoms with Crippen LogP contribution in [0.3, 0.4) is 0 Å². The minimum absolute atomic E-state index is 0.634. The first-order chi connectivity index (χ1) is 29.2. The Morgan fingerprint density at radius 3 is 1.53 bits per heavy atom. The standard InChI is InChI=1S/C56H35N3/c57-36-37-24-26-39(27-25-37)43-30-44(32-46(31-43)59-55-23-9-8-20-51(55)52-29-28-42(35-56(52)59)38-12-2-1-3-13-38)45-33-53(49-21-10-16-40-14-4-6-18-47(40)49)58-54(34-45)50-22-11-17-41-15-5-7-19-48(41)50/h1-35H. The Hall–Kier alpha value is -8.06. The van der Waals surface area contributed by atoms with Gasteiger partial charge in [-0.15, -0.1) is 0 Å². The molecule has 3 heteroatoms. The Morgan fingerprint density at radius 2 is 0.864 bits per heavy atom. The fourth-order valence-electron chi connectivity index (χ4n) is 8.74. The third kappa shape index (κ3) is 6.03. The molecule has 0 N–H and O–H groups in total. The lowest BCUT2D eigenvalue weighted by atomic mass is 9.93. The third-order valence-electron chi connectivity index (χ3n) is 11.6. The summed E-state index contributed by atoms with van der Waals surface area (Å²) in [7, 11) is 0. The van der Waals surface area contributed by atoms with Crippen molar-refractivity contribution in [1.82, 2.24) is 9.55 Å². The van der Waals surface area contributed by atoms with Crippen LogP contribution in [-0.4, -0.2) is 9.55 Å². The molecule has 0 bridgehead atoms. The molecule has 0 amide bonds. The van der Waals surface area contributed by atoms with Gasteiger partial charge in [-0.1, -0.05) is 158 Å². The molecule has 0 unspecified atom stereocenters. The van der Waals surface area contributed by atoms with Crippen LogP contribution in [-0.2, 0) is 0 Å². The fraction of sp³-hybridized carbons (Fsp3) is 0. The molecule has 0 saturated carbocycles. The number of benzene rings is 9. The smallest absolute Gasteiger partial charge is 0.0991 e. The second-order valence-electron chi connectivity index (χ2n) is 15.1. The molecule has 0 saturated heterocycles. The van der Waals surface area contributed by atoms with Gasteiger partial charge >= 0.3 is 0 Å². The van der Waals surface area contributed by atoms with Crippen LogP contribution in [0.25, 0.3) is 105 Å². The second kappa shape index (κ2) is 14.2. The van der Waals surface area contributed by atoms with Crippen LogP contribution in [0.4, 0.5) is 0 Å². The highest BCUT2D eigenvalue weighted by atomic mass is 15.0. The Balaban J connectivity index is 1.21. The average molecular weight is 750 g/mol. The van der Waals surface area contributed by atoms with Crippen molar-refractivity contribution < 1.29 is 0 Å². The van der Waals surface area contributed by atoms with Gasteiger partial charge in [-0.05, 0) is 110 Å². The fourth-order valence-corrected chi connectivity index (χ4v) is 8.74. The van der Waals surface area contributed by atoms with E-state index in [1.807, 2.05) is 12.1 Å². The number of nitriles is 1. The van der Waals surface area contributed by atoms with Crippen molar-refractivity contribution in [3.63, 3.8) is 0 Å². The van der Waals surface area contributed by atoms with E-state index < -0.39 is 0 Å². The summed E-state index contributed by atoms with van der Waals surface area (Å²) in [5.41, 5.74) is 14.5. The lowest BCUT2D eigenvalue weighted by Crippen LogP contribution is -1.97. The molecular weight excluding hydrogens is 715 g/mol. The summed E-state index contributed by atoms with van der Waals surface area (Å²) in [5.74, 6) is 0. The first-order valence-corrected chi connectivity index (χ1v) is 19.9. The van der Waals surface area contributed by atoms with Crippen molar-refractivity contribution in [2.24, 2.45) is 0 Å². The summed E-state index contributed by atoms with van der Waals surface area (Å²) in [6.07, 6.45) is 0. The van der Waals surface area contributed by atoms with Crippen molar-refractivity contribution in [3.05, 3.63) is 218 Å². The summed E-state index contributed by atoms with van der Waals surface area (Å²) in [5, 5.41) is 16.8. The summed E-state index contributed by atoms with van der Waals surface area (Å²) in [6, 6.07) is 77.7. The van der Waals surface area contributed by atoms with Crippen LogP contribution in [0.5, 0.6) is 0 Å². The highest BCUT2D eigenvalue weighted by molar-refractivity contribution is 6.10. The Kier molecular flexibility index (Phi) is 8.20. The Bertz CT molecular complexity index is 3330. The molecule has 0 aliphatic rings. The number of para-hydroxylation sites is 1. The first kappa shape index (κ1) is 34.2. The van der Waals surface area contributed by atoms with Crippen LogP contribution in [0.2, 0.25) is 0 Å². The van der Waals surface area contributed by atoms with E-state index in [-0.39, 0.29) is 0 Å². The van der Waals surface area contributed by atoms with Gasteiger partial charge in [-0.25, -0.2) is 4.98 Å². The Morgan fingerprint density at radius 1 is 0.356 bits per heavy atom. The minimum Gasteiger partial charge on any atom is -0.309 e. The molecular formula is C56H35N3. The molecule has 0 aliphatic carbocycles. The van der Waals surface area contributed by atoms with E-state index in [0.717, 1.165) is 72.3 Å². The van der Waals surface area contributed by atoms with Gasteiger partial charge in [0.15, 0.2) is 0 Å². The molecule has 59 heavy (non-hydrogen) atoms. The van der Waals surface area contributed by atoms with Gasteiger partial charge in [0.1, 0.15) is 0 Å². The van der Waals surface area contributed by atoms with Gasteiger partial charge in [-0.2, -0.15) is 5.26 Å². The van der Waals surface area contributed by atoms with Crippen molar-refractivity contribution >= 4 is 43.4 Å². The maximum atomic E-state index is 9.68. The zero-order valence-electron chi connectivity index (χ0n) is 32.0. The summed E-state index contributed by atoms with van der Waals surface area (Å²) < 4.78 is 2.41. The van der Waals surface area contributed by atoms with Crippen LogP contribution in [0, 0.1) is 11.3 Å². The molecule has 2 heterocycles. The van der Waals surface area contributed by atoms with Gasteiger partial charge in [0.25, 0.3) is 0 Å². The number of fused-ring (bicyclic) bond motifs is 5. The molecule has 0 aliphatic heterocycles. The molecule has 0 fully saturated rings. The topological polar surface area (TPSA) is 41.6 Å². The van der Waals surface area contributed by atoms with Crippen LogP contribution >= 0.6 is 0 Å². The lowest BCUT2D eigenvalue weighted by molar-refractivity contribution is 1.18. The van der Waals surface area contributed by atoms with Crippen LogP contribution in [0.15, 0.2) is 212 Å². The van der Waals surface area contributed by atoms with Gasteiger partial charge in [-0.3, -0.25) is 0 Å². The number of hydrogen-bond acceptors (Lipinski definition) is 2. The van der Waals surface area contributed by atoms with Crippen molar-refractivity contribution in [2.75, 3.05) is 0 Å². The van der Waals surface area contributed by atoms with E-state index in [9.17, 15) is 5.26 Å². The van der Waals surface area contributed by atoms with E-state index in [1.54, 1.807) is 0 Å². The van der Waals surface area contributed by atoms with E-state index in [0.29, 0.717) is 5.56 Å².